The standard InChI is InChI=1S/C29H29ClN4OS/c1-5-35-23-13-11-22(12-14-23)34-28(27(32-29(34)36)25-8-6-7-15-31-25)24-16-19(3)33(20(24)4)26-17-21(30)10-9-18(26)2/h6-17,27-28H,5H2,1-4H3,(H,32,36)/t27-,28-/m1/s1. The normalized spacial score (nSPS) is 17.4. The molecule has 1 saturated heterocycles. The molecular weight excluding hydrogens is 488 g/mol. The molecule has 2 aromatic heterocycles. The molecule has 36 heavy (non-hydrogen) atoms. The van der Waals surface area contributed by atoms with Crippen molar-refractivity contribution in [1.82, 2.24) is 14.9 Å². The van der Waals surface area contributed by atoms with Crippen molar-refractivity contribution in [2.75, 3.05) is 11.5 Å². The second-order valence-corrected chi connectivity index (χ2v) is 9.84. The van der Waals surface area contributed by atoms with Gasteiger partial charge in [-0.05, 0) is 106 Å². The van der Waals surface area contributed by atoms with Crippen LogP contribution in [0.2, 0.25) is 5.02 Å². The van der Waals surface area contributed by atoms with Crippen molar-refractivity contribution in [2.24, 2.45) is 0 Å². The molecule has 1 aliphatic heterocycles. The van der Waals surface area contributed by atoms with E-state index < -0.39 is 0 Å². The second kappa shape index (κ2) is 9.96. The Balaban J connectivity index is 1.66. The van der Waals surface area contributed by atoms with Gasteiger partial charge in [0, 0.05) is 34.0 Å². The number of aryl methyl sites for hydroxylation is 2. The molecule has 0 saturated carbocycles. The molecule has 0 unspecified atom stereocenters. The van der Waals surface area contributed by atoms with Crippen LogP contribution in [0.3, 0.4) is 0 Å². The Bertz CT molecular complexity index is 1400. The maximum atomic E-state index is 6.40. The number of aromatic nitrogens is 2. The van der Waals surface area contributed by atoms with E-state index >= 15 is 0 Å². The van der Waals surface area contributed by atoms with Crippen LogP contribution in [0, 0.1) is 20.8 Å². The van der Waals surface area contributed by atoms with Crippen molar-refractivity contribution in [1.29, 1.82) is 0 Å². The van der Waals surface area contributed by atoms with Gasteiger partial charge in [-0.1, -0.05) is 23.7 Å². The molecule has 0 aliphatic carbocycles. The van der Waals surface area contributed by atoms with E-state index in [1.807, 2.05) is 49.5 Å². The van der Waals surface area contributed by atoms with Gasteiger partial charge < -0.3 is 19.5 Å². The van der Waals surface area contributed by atoms with Gasteiger partial charge in [0.15, 0.2) is 5.11 Å². The van der Waals surface area contributed by atoms with E-state index in [9.17, 15) is 0 Å². The predicted molar refractivity (Wildman–Crippen MR) is 151 cm³/mol. The number of hydrogen-bond acceptors (Lipinski definition) is 3. The maximum Gasteiger partial charge on any atom is 0.174 e. The van der Waals surface area contributed by atoms with E-state index in [-0.39, 0.29) is 12.1 Å². The van der Waals surface area contributed by atoms with Crippen LogP contribution in [-0.2, 0) is 0 Å². The molecule has 0 amide bonds. The first-order valence-corrected chi connectivity index (χ1v) is 12.9. The summed E-state index contributed by atoms with van der Waals surface area (Å²) in [5.74, 6) is 0.840. The van der Waals surface area contributed by atoms with Crippen molar-refractivity contribution < 1.29 is 4.74 Å². The van der Waals surface area contributed by atoms with Crippen LogP contribution in [-0.4, -0.2) is 21.3 Å². The molecule has 4 aromatic rings. The fourth-order valence-electron chi connectivity index (χ4n) is 5.10. The molecule has 2 aromatic carbocycles. The molecule has 2 atom stereocenters. The highest BCUT2D eigenvalue weighted by molar-refractivity contribution is 7.80. The average molecular weight is 517 g/mol. The Morgan fingerprint density at radius 2 is 1.81 bits per heavy atom. The number of halogens is 1. The van der Waals surface area contributed by atoms with E-state index in [2.05, 4.69) is 70.9 Å². The van der Waals surface area contributed by atoms with Crippen LogP contribution in [0.5, 0.6) is 5.75 Å². The number of nitrogens with one attached hydrogen (secondary N) is 1. The highest BCUT2D eigenvalue weighted by Crippen LogP contribution is 2.44. The second-order valence-electron chi connectivity index (χ2n) is 9.02. The summed E-state index contributed by atoms with van der Waals surface area (Å²) in [6.45, 7) is 9.02. The lowest BCUT2D eigenvalue weighted by Gasteiger charge is -2.28. The zero-order chi connectivity index (χ0) is 25.4. The number of anilines is 1. The minimum Gasteiger partial charge on any atom is -0.494 e. The largest absolute Gasteiger partial charge is 0.494 e. The Morgan fingerprint density at radius 1 is 1.03 bits per heavy atom. The fraction of sp³-hybridized carbons (Fsp3) is 0.241. The molecule has 1 aliphatic rings. The first-order chi connectivity index (χ1) is 17.4. The molecule has 184 valence electrons. The number of nitrogens with zero attached hydrogens (tertiary/aromatic N) is 3. The summed E-state index contributed by atoms with van der Waals surface area (Å²) in [7, 11) is 0. The smallest absolute Gasteiger partial charge is 0.174 e. The highest BCUT2D eigenvalue weighted by atomic mass is 35.5. The van der Waals surface area contributed by atoms with Gasteiger partial charge in [0.2, 0.25) is 0 Å². The van der Waals surface area contributed by atoms with Gasteiger partial charge in [0.1, 0.15) is 5.75 Å². The highest BCUT2D eigenvalue weighted by Gasteiger charge is 2.42. The minimum absolute atomic E-state index is 0.0928. The lowest BCUT2D eigenvalue weighted by Crippen LogP contribution is -2.29. The summed E-state index contributed by atoms with van der Waals surface area (Å²) in [4.78, 5) is 6.88. The van der Waals surface area contributed by atoms with Crippen molar-refractivity contribution in [3.8, 4) is 11.4 Å². The van der Waals surface area contributed by atoms with Crippen LogP contribution in [0.25, 0.3) is 5.69 Å². The number of hydrogen-bond donors (Lipinski definition) is 1. The van der Waals surface area contributed by atoms with Gasteiger partial charge in [0.25, 0.3) is 0 Å². The number of benzene rings is 2. The number of pyridine rings is 1. The summed E-state index contributed by atoms with van der Waals surface area (Å²) in [5, 5.41) is 4.94. The molecular formula is C29H29ClN4OS. The van der Waals surface area contributed by atoms with Gasteiger partial charge in [-0.25, -0.2) is 0 Å². The minimum atomic E-state index is -0.111. The topological polar surface area (TPSA) is 42.3 Å². The Hall–Kier alpha value is -3.35. The first kappa shape index (κ1) is 24.3. The van der Waals surface area contributed by atoms with Crippen LogP contribution in [0.4, 0.5) is 5.69 Å². The Morgan fingerprint density at radius 3 is 2.50 bits per heavy atom. The molecule has 5 rings (SSSR count). The third kappa shape index (κ3) is 4.36. The summed E-state index contributed by atoms with van der Waals surface area (Å²) in [6, 6.07) is 22.2. The van der Waals surface area contributed by atoms with E-state index in [0.29, 0.717) is 11.7 Å². The maximum absolute atomic E-state index is 6.40. The van der Waals surface area contributed by atoms with Crippen molar-refractivity contribution in [2.45, 2.75) is 39.8 Å². The lowest BCUT2D eigenvalue weighted by molar-refractivity contribution is 0.340. The number of ether oxygens (including phenoxy) is 1. The zero-order valence-electron chi connectivity index (χ0n) is 20.8. The van der Waals surface area contributed by atoms with Crippen LogP contribution >= 0.6 is 23.8 Å². The Labute approximate surface area is 222 Å². The van der Waals surface area contributed by atoms with E-state index in [4.69, 9.17) is 28.6 Å². The van der Waals surface area contributed by atoms with E-state index in [1.165, 1.54) is 5.56 Å². The summed E-state index contributed by atoms with van der Waals surface area (Å²) < 4.78 is 7.95. The molecule has 1 N–H and O–H groups in total. The van der Waals surface area contributed by atoms with Crippen LogP contribution in [0.15, 0.2) is 72.9 Å². The Kier molecular flexibility index (Phi) is 6.73. The third-order valence-corrected chi connectivity index (χ3v) is 7.27. The van der Waals surface area contributed by atoms with Gasteiger partial charge in [-0.3, -0.25) is 4.98 Å². The fourth-order valence-corrected chi connectivity index (χ4v) is 5.61. The molecule has 0 radical (unpaired) electrons. The predicted octanol–water partition coefficient (Wildman–Crippen LogP) is 7.03. The molecule has 0 spiro atoms. The van der Waals surface area contributed by atoms with Crippen LogP contribution < -0.4 is 15.0 Å². The number of thiocarbonyl (C=S) groups is 1. The third-order valence-electron chi connectivity index (χ3n) is 6.73. The van der Waals surface area contributed by atoms with Gasteiger partial charge in [0.05, 0.1) is 24.4 Å². The molecule has 5 nitrogen and oxygen atoms in total. The summed E-state index contributed by atoms with van der Waals surface area (Å²) in [6.07, 6.45) is 1.83. The summed E-state index contributed by atoms with van der Waals surface area (Å²) >= 11 is 12.3. The first-order valence-electron chi connectivity index (χ1n) is 12.1. The molecule has 7 heteroatoms. The monoisotopic (exact) mass is 516 g/mol. The average Bonchev–Trinajstić information content (AvgIpc) is 3.37. The molecule has 1 fully saturated rings. The van der Waals surface area contributed by atoms with Gasteiger partial charge >= 0.3 is 0 Å². The zero-order valence-corrected chi connectivity index (χ0v) is 22.4. The van der Waals surface area contributed by atoms with Crippen molar-refractivity contribution in [3.05, 3.63) is 106 Å². The molecule has 0 bridgehead atoms. The molecule has 3 heterocycles. The SMILES string of the molecule is CCOc1ccc(N2C(=S)N[C@H](c3ccccn3)[C@H]2c2cc(C)n(-c3cc(Cl)ccc3C)c2C)cc1. The van der Waals surface area contributed by atoms with Crippen molar-refractivity contribution >= 4 is 34.6 Å². The van der Waals surface area contributed by atoms with Gasteiger partial charge in [-0.15, -0.1) is 0 Å². The van der Waals surface area contributed by atoms with Crippen molar-refractivity contribution in [3.63, 3.8) is 0 Å². The number of rotatable bonds is 6. The van der Waals surface area contributed by atoms with E-state index in [1.54, 1.807) is 0 Å². The summed E-state index contributed by atoms with van der Waals surface area (Å²) in [5.41, 5.74) is 7.66. The quantitative estimate of drug-likeness (QED) is 0.279. The van der Waals surface area contributed by atoms with Crippen LogP contribution in [0.1, 0.15) is 47.2 Å². The van der Waals surface area contributed by atoms with Gasteiger partial charge in [-0.2, -0.15) is 0 Å². The lowest BCUT2D eigenvalue weighted by atomic mass is 9.96. The van der Waals surface area contributed by atoms with E-state index in [0.717, 1.165) is 44.8 Å².